The molecule has 0 atom stereocenters. The molecule has 0 unspecified atom stereocenters. The predicted octanol–water partition coefficient (Wildman–Crippen LogP) is 3.93. The number of carbonyl (C=O) groups is 1. The lowest BCUT2D eigenvalue weighted by Crippen LogP contribution is -2.37. The number of nitrogens with zero attached hydrogens (tertiary/aromatic N) is 3. The van der Waals surface area contributed by atoms with Crippen LogP contribution in [0.3, 0.4) is 0 Å². The van der Waals surface area contributed by atoms with Gasteiger partial charge in [0.15, 0.2) is 5.76 Å². The average molecular weight is 468 g/mol. The maximum Gasteiger partial charge on any atom is 0.291 e. The lowest BCUT2D eigenvalue weighted by molar-refractivity contribution is 0.0383. The number of hydrogen-bond acceptors (Lipinski definition) is 6. The van der Waals surface area contributed by atoms with Gasteiger partial charge in [0, 0.05) is 38.9 Å². The first kappa shape index (κ1) is 22.6. The molecular formula is C25H30FN5O3. The second kappa shape index (κ2) is 10.4. The maximum atomic E-state index is 15.2. The molecule has 0 saturated carbocycles. The number of rotatable bonds is 7. The van der Waals surface area contributed by atoms with E-state index in [2.05, 4.69) is 25.3 Å². The fraction of sp³-hybridized carbons (Fsp3) is 0.440. The monoisotopic (exact) mass is 467 g/mol. The molecule has 2 N–H and O–H groups in total. The number of amides is 1. The molecule has 180 valence electrons. The third-order valence-electron chi connectivity index (χ3n) is 6.52. The van der Waals surface area contributed by atoms with E-state index in [9.17, 15) is 4.79 Å². The van der Waals surface area contributed by atoms with E-state index in [1.165, 1.54) is 6.42 Å². The summed E-state index contributed by atoms with van der Waals surface area (Å²) in [4.78, 5) is 17.5. The first-order chi connectivity index (χ1) is 16.7. The van der Waals surface area contributed by atoms with Gasteiger partial charge in [-0.2, -0.15) is 5.10 Å². The normalized spacial score (nSPS) is 17.1. The van der Waals surface area contributed by atoms with Crippen LogP contribution in [0.2, 0.25) is 0 Å². The summed E-state index contributed by atoms with van der Waals surface area (Å²) in [6.45, 7) is 5.58. The van der Waals surface area contributed by atoms with E-state index in [1.54, 1.807) is 36.7 Å². The Morgan fingerprint density at radius 3 is 2.71 bits per heavy atom. The molecule has 2 fully saturated rings. The number of furan rings is 1. The fourth-order valence-electron chi connectivity index (χ4n) is 4.58. The number of piperidine rings is 1. The Morgan fingerprint density at radius 1 is 1.12 bits per heavy atom. The highest BCUT2D eigenvalue weighted by molar-refractivity contribution is 6.04. The largest absolute Gasteiger partial charge is 0.451 e. The molecule has 0 spiro atoms. The van der Waals surface area contributed by atoms with E-state index in [4.69, 9.17) is 9.15 Å². The van der Waals surface area contributed by atoms with Gasteiger partial charge in [0.25, 0.3) is 5.91 Å². The molecule has 2 saturated heterocycles. The van der Waals surface area contributed by atoms with Gasteiger partial charge < -0.3 is 19.4 Å². The van der Waals surface area contributed by atoms with E-state index >= 15 is 4.39 Å². The molecule has 1 amide bonds. The number of morpholine rings is 1. The molecule has 0 aliphatic carbocycles. The molecule has 3 aromatic rings. The zero-order valence-electron chi connectivity index (χ0n) is 19.2. The van der Waals surface area contributed by atoms with Crippen LogP contribution in [0.4, 0.5) is 15.8 Å². The van der Waals surface area contributed by atoms with Crippen LogP contribution in [0, 0.1) is 5.82 Å². The zero-order chi connectivity index (χ0) is 23.3. The van der Waals surface area contributed by atoms with Gasteiger partial charge in [0.1, 0.15) is 11.6 Å². The van der Waals surface area contributed by atoms with E-state index in [0.717, 1.165) is 56.8 Å². The summed E-state index contributed by atoms with van der Waals surface area (Å²) in [6, 6.07) is 6.75. The number of halogens is 1. The first-order valence-electron chi connectivity index (χ1n) is 12.0. The maximum absolute atomic E-state index is 15.2. The van der Waals surface area contributed by atoms with Crippen molar-refractivity contribution in [3.05, 3.63) is 53.8 Å². The van der Waals surface area contributed by atoms with Crippen molar-refractivity contribution in [3.8, 4) is 11.3 Å². The zero-order valence-corrected chi connectivity index (χ0v) is 19.2. The second-order valence-corrected chi connectivity index (χ2v) is 8.82. The Morgan fingerprint density at radius 2 is 1.94 bits per heavy atom. The number of anilines is 2. The van der Waals surface area contributed by atoms with Crippen molar-refractivity contribution in [3.63, 3.8) is 0 Å². The van der Waals surface area contributed by atoms with Crippen LogP contribution in [0.25, 0.3) is 11.3 Å². The summed E-state index contributed by atoms with van der Waals surface area (Å²) in [7, 11) is 0. The number of benzene rings is 1. The van der Waals surface area contributed by atoms with Crippen LogP contribution in [0.1, 0.15) is 35.4 Å². The van der Waals surface area contributed by atoms with Crippen molar-refractivity contribution in [1.82, 2.24) is 15.1 Å². The standard InChI is InChI=1S/C25H30FN5O3/c26-20-15-22(31-7-2-1-3-8-31)21(14-18(20)6-9-30-10-12-33-13-11-30)29-25(32)24-5-4-23(34-24)19-16-27-28-17-19/h4-5,14-17H,1-3,6-13H2,(H,27,28)(H,29,32). The Hall–Kier alpha value is -3.17. The molecule has 2 aromatic heterocycles. The summed E-state index contributed by atoms with van der Waals surface area (Å²) >= 11 is 0. The second-order valence-electron chi connectivity index (χ2n) is 8.82. The van der Waals surface area contributed by atoms with Crippen LogP contribution < -0.4 is 10.2 Å². The first-order valence-corrected chi connectivity index (χ1v) is 12.0. The number of nitrogens with one attached hydrogen (secondary N) is 2. The van der Waals surface area contributed by atoms with Gasteiger partial charge in [-0.1, -0.05) is 0 Å². The summed E-state index contributed by atoms with van der Waals surface area (Å²) in [5.74, 6) is 0.159. The topological polar surface area (TPSA) is 86.6 Å². The summed E-state index contributed by atoms with van der Waals surface area (Å²) < 4.78 is 26.3. The molecule has 4 heterocycles. The van der Waals surface area contributed by atoms with Gasteiger partial charge in [0.2, 0.25) is 0 Å². The quantitative estimate of drug-likeness (QED) is 0.548. The molecule has 5 rings (SSSR count). The molecule has 1 aromatic carbocycles. The number of hydrogen-bond donors (Lipinski definition) is 2. The van der Waals surface area contributed by atoms with Gasteiger partial charge in [-0.3, -0.25) is 14.8 Å². The number of aromatic amines is 1. The summed E-state index contributed by atoms with van der Waals surface area (Å²) in [6.07, 6.45) is 7.19. The van der Waals surface area contributed by atoms with Crippen molar-refractivity contribution < 1.29 is 18.3 Å². The van der Waals surface area contributed by atoms with Gasteiger partial charge in [-0.15, -0.1) is 0 Å². The SMILES string of the molecule is O=C(Nc1cc(CCN2CCOCC2)c(F)cc1N1CCCCC1)c1ccc(-c2cn[nH]c2)o1. The lowest BCUT2D eigenvalue weighted by Gasteiger charge is -2.31. The Bertz CT molecular complexity index is 1100. The van der Waals surface area contributed by atoms with Gasteiger partial charge in [0.05, 0.1) is 36.3 Å². The van der Waals surface area contributed by atoms with Gasteiger partial charge in [-0.25, -0.2) is 4.39 Å². The minimum absolute atomic E-state index is 0.194. The molecule has 2 aliphatic rings. The molecular weight excluding hydrogens is 437 g/mol. The van der Waals surface area contributed by atoms with Crippen molar-refractivity contribution in [2.24, 2.45) is 0 Å². The van der Waals surface area contributed by atoms with E-state index in [0.29, 0.717) is 36.6 Å². The minimum atomic E-state index is -0.362. The highest BCUT2D eigenvalue weighted by atomic mass is 19.1. The van der Waals surface area contributed by atoms with Crippen molar-refractivity contribution in [2.45, 2.75) is 25.7 Å². The third-order valence-corrected chi connectivity index (χ3v) is 6.52. The third kappa shape index (κ3) is 5.15. The van der Waals surface area contributed by atoms with Crippen LogP contribution >= 0.6 is 0 Å². The molecule has 0 radical (unpaired) electrons. The predicted molar refractivity (Wildman–Crippen MR) is 128 cm³/mol. The van der Waals surface area contributed by atoms with Crippen LogP contribution in [-0.2, 0) is 11.2 Å². The fourth-order valence-corrected chi connectivity index (χ4v) is 4.58. The van der Waals surface area contributed by atoms with Gasteiger partial charge in [-0.05, 0) is 55.5 Å². The number of aromatic nitrogens is 2. The molecule has 2 aliphatic heterocycles. The van der Waals surface area contributed by atoms with E-state index in [1.807, 2.05) is 0 Å². The molecule has 0 bridgehead atoms. The summed E-state index contributed by atoms with van der Waals surface area (Å²) in [5.41, 5.74) is 2.70. The Balaban J connectivity index is 1.37. The van der Waals surface area contributed by atoms with Crippen LogP contribution in [-0.4, -0.2) is 66.9 Å². The molecule has 9 heteroatoms. The Labute approximate surface area is 198 Å². The highest BCUT2D eigenvalue weighted by Crippen LogP contribution is 2.32. The van der Waals surface area contributed by atoms with E-state index in [-0.39, 0.29) is 17.5 Å². The number of carbonyl (C=O) groups excluding carboxylic acids is 1. The average Bonchev–Trinajstić information content (AvgIpc) is 3.58. The van der Waals surface area contributed by atoms with Crippen LogP contribution in [0.5, 0.6) is 0 Å². The molecule has 34 heavy (non-hydrogen) atoms. The summed E-state index contributed by atoms with van der Waals surface area (Å²) in [5, 5.41) is 9.64. The van der Waals surface area contributed by atoms with Crippen LogP contribution in [0.15, 0.2) is 41.1 Å². The number of H-pyrrole nitrogens is 1. The Kier molecular flexibility index (Phi) is 6.92. The van der Waals surface area contributed by atoms with Crippen molar-refractivity contribution >= 4 is 17.3 Å². The smallest absolute Gasteiger partial charge is 0.291 e. The van der Waals surface area contributed by atoms with Gasteiger partial charge >= 0.3 is 0 Å². The van der Waals surface area contributed by atoms with Crippen molar-refractivity contribution in [1.29, 1.82) is 0 Å². The number of ether oxygens (including phenoxy) is 1. The molecule has 8 nitrogen and oxygen atoms in total. The highest BCUT2D eigenvalue weighted by Gasteiger charge is 2.21. The van der Waals surface area contributed by atoms with Crippen molar-refractivity contribution in [2.75, 3.05) is 56.2 Å². The van der Waals surface area contributed by atoms with E-state index < -0.39 is 0 Å². The lowest BCUT2D eigenvalue weighted by atomic mass is 10.0. The minimum Gasteiger partial charge on any atom is -0.451 e.